The van der Waals surface area contributed by atoms with Crippen molar-refractivity contribution in [3.63, 3.8) is 0 Å². The third-order valence-corrected chi connectivity index (χ3v) is 4.76. The molecule has 3 unspecified atom stereocenters. The molecule has 3 nitrogen and oxygen atoms in total. The lowest BCUT2D eigenvalue weighted by Crippen LogP contribution is -2.20. The lowest BCUT2D eigenvalue weighted by Gasteiger charge is -2.21. The molecule has 2 aliphatic carbocycles. The number of aromatic hydroxyl groups is 1. The molecular weight excluding hydrogens is 238 g/mol. The van der Waals surface area contributed by atoms with E-state index >= 15 is 0 Å². The molecule has 2 fully saturated rings. The molecule has 0 radical (unpaired) electrons. The monoisotopic (exact) mass is 259 g/mol. The van der Waals surface area contributed by atoms with Gasteiger partial charge in [-0.05, 0) is 61.6 Å². The Morgan fingerprint density at radius 2 is 2.21 bits per heavy atom. The van der Waals surface area contributed by atoms with Crippen molar-refractivity contribution in [3.05, 3.63) is 23.8 Å². The molecule has 3 rings (SSSR count). The average Bonchev–Trinajstić information content (AvgIpc) is 2.95. The number of phenolic OH excluding ortho intramolecular Hbond substituents is 1. The third kappa shape index (κ3) is 2.60. The molecule has 0 heterocycles. The van der Waals surface area contributed by atoms with Gasteiger partial charge in [-0.1, -0.05) is 12.5 Å². The molecule has 3 heteroatoms. The Morgan fingerprint density at radius 1 is 1.37 bits per heavy atom. The number of hydrogen-bond acceptors (Lipinski definition) is 2. The number of carbonyl (C=O) groups excluding carboxylic acids is 1. The molecule has 2 bridgehead atoms. The fourth-order valence-electron chi connectivity index (χ4n) is 3.81. The van der Waals surface area contributed by atoms with Crippen molar-refractivity contribution in [1.29, 1.82) is 0 Å². The van der Waals surface area contributed by atoms with Crippen molar-refractivity contribution >= 4 is 11.6 Å². The van der Waals surface area contributed by atoms with E-state index in [2.05, 4.69) is 5.32 Å². The van der Waals surface area contributed by atoms with Gasteiger partial charge in [-0.25, -0.2) is 0 Å². The average molecular weight is 259 g/mol. The minimum Gasteiger partial charge on any atom is -0.506 e. The zero-order valence-electron chi connectivity index (χ0n) is 11.4. The summed E-state index contributed by atoms with van der Waals surface area (Å²) in [5.41, 5.74) is 1.52. The van der Waals surface area contributed by atoms with E-state index < -0.39 is 0 Å². The van der Waals surface area contributed by atoms with Crippen LogP contribution in [0, 0.1) is 24.7 Å². The zero-order chi connectivity index (χ0) is 13.4. The van der Waals surface area contributed by atoms with Crippen LogP contribution in [0.5, 0.6) is 5.75 Å². The van der Waals surface area contributed by atoms with E-state index in [0.717, 1.165) is 17.4 Å². The number of nitrogens with one attached hydrogen (secondary N) is 1. The Balaban J connectivity index is 1.59. The van der Waals surface area contributed by atoms with E-state index in [9.17, 15) is 9.90 Å². The fourth-order valence-corrected chi connectivity index (χ4v) is 3.81. The summed E-state index contributed by atoms with van der Waals surface area (Å²) < 4.78 is 0. The van der Waals surface area contributed by atoms with Gasteiger partial charge in [0.2, 0.25) is 5.91 Å². The van der Waals surface area contributed by atoms with Crippen LogP contribution in [0.1, 0.15) is 37.7 Å². The lowest BCUT2D eigenvalue weighted by molar-refractivity contribution is -0.117. The van der Waals surface area contributed by atoms with E-state index in [1.807, 2.05) is 13.0 Å². The summed E-state index contributed by atoms with van der Waals surface area (Å²) >= 11 is 0. The van der Waals surface area contributed by atoms with Crippen LogP contribution in [0.25, 0.3) is 0 Å². The maximum Gasteiger partial charge on any atom is 0.224 e. The number of rotatable bonds is 3. The zero-order valence-corrected chi connectivity index (χ0v) is 11.4. The van der Waals surface area contributed by atoms with Crippen LogP contribution in [0.2, 0.25) is 0 Å². The van der Waals surface area contributed by atoms with Crippen molar-refractivity contribution < 1.29 is 9.90 Å². The van der Waals surface area contributed by atoms with Crippen molar-refractivity contribution in [2.45, 2.75) is 39.0 Å². The predicted molar refractivity (Wildman–Crippen MR) is 75.0 cm³/mol. The molecule has 1 aromatic rings. The van der Waals surface area contributed by atoms with Crippen LogP contribution in [-0.2, 0) is 4.79 Å². The molecule has 102 valence electrons. The molecule has 2 aliphatic rings. The van der Waals surface area contributed by atoms with E-state index in [1.54, 1.807) is 12.1 Å². The Hall–Kier alpha value is -1.51. The summed E-state index contributed by atoms with van der Waals surface area (Å²) in [4.78, 5) is 12.1. The smallest absolute Gasteiger partial charge is 0.224 e. The largest absolute Gasteiger partial charge is 0.506 e. The van der Waals surface area contributed by atoms with Gasteiger partial charge in [0.1, 0.15) is 5.75 Å². The first-order chi connectivity index (χ1) is 9.11. The molecular formula is C16H21NO2. The van der Waals surface area contributed by atoms with Gasteiger partial charge in [0.05, 0.1) is 5.69 Å². The number of hydrogen-bond donors (Lipinski definition) is 2. The molecule has 0 saturated heterocycles. The van der Waals surface area contributed by atoms with Crippen LogP contribution in [0.3, 0.4) is 0 Å². The second-order valence-electron chi connectivity index (χ2n) is 6.21. The molecule has 19 heavy (non-hydrogen) atoms. The van der Waals surface area contributed by atoms with Gasteiger partial charge >= 0.3 is 0 Å². The Kier molecular flexibility index (Phi) is 3.21. The van der Waals surface area contributed by atoms with Crippen molar-refractivity contribution in [2.75, 3.05) is 5.32 Å². The molecule has 0 spiro atoms. The summed E-state index contributed by atoms with van der Waals surface area (Å²) in [6.45, 7) is 1.92. The first kappa shape index (κ1) is 12.5. The standard InChI is InChI=1S/C16H21NO2/c1-10-2-5-14(15(18)6-10)17-16(19)9-13-8-11-3-4-12(13)7-11/h2,5-6,11-13,18H,3-4,7-9H2,1H3,(H,17,19). The number of aryl methyl sites for hydroxylation is 1. The number of fused-ring (bicyclic) bond motifs is 2. The Morgan fingerprint density at radius 3 is 2.84 bits per heavy atom. The molecule has 3 atom stereocenters. The minimum absolute atomic E-state index is 0.0386. The second-order valence-corrected chi connectivity index (χ2v) is 6.21. The summed E-state index contributed by atoms with van der Waals surface area (Å²) in [5, 5.41) is 12.6. The van der Waals surface area contributed by atoms with E-state index in [4.69, 9.17) is 0 Å². The summed E-state index contributed by atoms with van der Waals surface area (Å²) in [6, 6.07) is 5.34. The SMILES string of the molecule is Cc1ccc(NC(=O)CC2CC3CCC2C3)c(O)c1. The van der Waals surface area contributed by atoms with Crippen molar-refractivity contribution in [3.8, 4) is 5.75 Å². The highest BCUT2D eigenvalue weighted by atomic mass is 16.3. The number of benzene rings is 1. The topological polar surface area (TPSA) is 49.3 Å². The van der Waals surface area contributed by atoms with Gasteiger partial charge in [0, 0.05) is 6.42 Å². The van der Waals surface area contributed by atoms with Gasteiger partial charge in [-0.15, -0.1) is 0 Å². The molecule has 1 amide bonds. The number of carbonyl (C=O) groups is 1. The van der Waals surface area contributed by atoms with Crippen LogP contribution in [-0.4, -0.2) is 11.0 Å². The van der Waals surface area contributed by atoms with Gasteiger partial charge in [0.15, 0.2) is 0 Å². The van der Waals surface area contributed by atoms with E-state index in [-0.39, 0.29) is 11.7 Å². The van der Waals surface area contributed by atoms with Gasteiger partial charge < -0.3 is 10.4 Å². The highest BCUT2D eigenvalue weighted by molar-refractivity contribution is 5.92. The van der Waals surface area contributed by atoms with Gasteiger partial charge in [-0.2, -0.15) is 0 Å². The normalized spacial score (nSPS) is 28.6. The summed E-state index contributed by atoms with van der Waals surface area (Å²) in [5.74, 6) is 2.39. The first-order valence-electron chi connectivity index (χ1n) is 7.21. The van der Waals surface area contributed by atoms with E-state index in [0.29, 0.717) is 18.0 Å². The highest BCUT2D eigenvalue weighted by Crippen LogP contribution is 2.49. The van der Waals surface area contributed by atoms with Gasteiger partial charge in [0.25, 0.3) is 0 Å². The Labute approximate surface area is 114 Å². The molecule has 2 saturated carbocycles. The number of amides is 1. The van der Waals surface area contributed by atoms with Crippen molar-refractivity contribution in [2.24, 2.45) is 17.8 Å². The molecule has 0 aromatic heterocycles. The second kappa shape index (κ2) is 4.87. The lowest BCUT2D eigenvalue weighted by atomic mass is 9.86. The highest BCUT2D eigenvalue weighted by Gasteiger charge is 2.40. The molecule has 1 aromatic carbocycles. The van der Waals surface area contributed by atoms with Crippen molar-refractivity contribution in [1.82, 2.24) is 0 Å². The quantitative estimate of drug-likeness (QED) is 0.817. The molecule has 0 aliphatic heterocycles. The van der Waals surface area contributed by atoms with Crippen LogP contribution < -0.4 is 5.32 Å². The number of phenols is 1. The van der Waals surface area contributed by atoms with Crippen LogP contribution in [0.4, 0.5) is 5.69 Å². The Bertz CT molecular complexity index is 498. The van der Waals surface area contributed by atoms with Crippen LogP contribution in [0.15, 0.2) is 18.2 Å². The first-order valence-corrected chi connectivity index (χ1v) is 7.21. The third-order valence-electron chi connectivity index (χ3n) is 4.76. The number of anilines is 1. The van der Waals surface area contributed by atoms with Crippen LogP contribution >= 0.6 is 0 Å². The maximum absolute atomic E-state index is 12.1. The summed E-state index contributed by atoms with van der Waals surface area (Å²) in [6.07, 6.45) is 5.82. The van der Waals surface area contributed by atoms with E-state index in [1.165, 1.54) is 25.7 Å². The maximum atomic E-state index is 12.1. The summed E-state index contributed by atoms with van der Waals surface area (Å²) in [7, 11) is 0. The fraction of sp³-hybridized carbons (Fsp3) is 0.562. The predicted octanol–water partition coefficient (Wildman–Crippen LogP) is 3.47. The minimum atomic E-state index is 0.0386. The van der Waals surface area contributed by atoms with Gasteiger partial charge in [-0.3, -0.25) is 4.79 Å². The molecule has 2 N–H and O–H groups in total.